The summed E-state index contributed by atoms with van der Waals surface area (Å²) < 4.78 is 0. The number of carbonyl (C=O) groups excluding carboxylic acids is 2. The molecule has 0 saturated carbocycles. The van der Waals surface area contributed by atoms with E-state index in [-0.39, 0.29) is 31.1 Å². The van der Waals surface area contributed by atoms with Crippen LogP contribution < -0.4 is 0 Å². The second-order valence-corrected chi connectivity index (χ2v) is 5.14. The predicted octanol–water partition coefficient (Wildman–Crippen LogP) is 1.41. The average Bonchev–Trinajstić information content (AvgIpc) is 2.42. The lowest BCUT2D eigenvalue weighted by Gasteiger charge is -2.36. The Morgan fingerprint density at radius 3 is 2.06 bits per heavy atom. The molecule has 0 radical (unpaired) electrons. The summed E-state index contributed by atoms with van der Waals surface area (Å²) in [7, 11) is 0. The first kappa shape index (κ1) is 13.7. The lowest BCUT2D eigenvalue weighted by atomic mass is 9.89. The summed E-state index contributed by atoms with van der Waals surface area (Å²) in [6, 6.07) is 0. The van der Waals surface area contributed by atoms with E-state index in [9.17, 15) is 19.5 Å². The number of nitrogens with zero attached hydrogens (tertiary/aromatic N) is 1. The van der Waals surface area contributed by atoms with Crippen molar-refractivity contribution in [1.29, 1.82) is 0 Å². The third-order valence-electron chi connectivity index (χ3n) is 3.62. The molecular weight excluding hydrogens is 222 g/mol. The number of likely N-dealkylation sites (tertiary alicyclic amines) is 1. The van der Waals surface area contributed by atoms with Crippen LogP contribution in [-0.4, -0.2) is 33.3 Å². The van der Waals surface area contributed by atoms with E-state index < -0.39 is 16.9 Å². The molecule has 96 valence electrons. The van der Waals surface area contributed by atoms with Crippen LogP contribution in [0.15, 0.2) is 0 Å². The zero-order valence-electron chi connectivity index (χ0n) is 10.7. The molecule has 17 heavy (non-hydrogen) atoms. The molecule has 0 aromatic rings. The molecule has 1 aliphatic heterocycles. The van der Waals surface area contributed by atoms with Crippen LogP contribution in [0.4, 0.5) is 0 Å². The van der Waals surface area contributed by atoms with Gasteiger partial charge in [-0.1, -0.05) is 27.7 Å². The van der Waals surface area contributed by atoms with Crippen LogP contribution in [0.1, 0.15) is 47.0 Å². The van der Waals surface area contributed by atoms with Gasteiger partial charge in [-0.3, -0.25) is 14.5 Å². The van der Waals surface area contributed by atoms with E-state index in [1.165, 1.54) is 0 Å². The molecule has 1 heterocycles. The molecule has 0 spiro atoms. The Kier molecular flexibility index (Phi) is 3.32. The topological polar surface area (TPSA) is 74.7 Å². The highest BCUT2D eigenvalue weighted by atomic mass is 16.4. The van der Waals surface area contributed by atoms with E-state index in [0.717, 1.165) is 4.90 Å². The molecule has 5 heteroatoms. The number of amides is 2. The van der Waals surface area contributed by atoms with E-state index in [1.807, 2.05) is 0 Å². The van der Waals surface area contributed by atoms with Crippen molar-refractivity contribution in [2.24, 2.45) is 5.41 Å². The Labute approximate surface area is 101 Å². The van der Waals surface area contributed by atoms with Crippen molar-refractivity contribution < 1.29 is 19.5 Å². The number of hydrogen-bond donors (Lipinski definition) is 1. The van der Waals surface area contributed by atoms with Crippen molar-refractivity contribution >= 4 is 17.8 Å². The molecule has 0 bridgehead atoms. The highest BCUT2D eigenvalue weighted by Gasteiger charge is 2.55. The van der Waals surface area contributed by atoms with Gasteiger partial charge >= 0.3 is 5.97 Å². The Bertz CT molecular complexity index is 369. The summed E-state index contributed by atoms with van der Waals surface area (Å²) in [4.78, 5) is 36.5. The monoisotopic (exact) mass is 241 g/mol. The minimum absolute atomic E-state index is 0.0842. The predicted molar refractivity (Wildman–Crippen MR) is 61.2 cm³/mol. The number of carbonyl (C=O) groups is 3. The zero-order chi connectivity index (χ0) is 13.4. The van der Waals surface area contributed by atoms with Crippen LogP contribution in [0.2, 0.25) is 0 Å². The van der Waals surface area contributed by atoms with E-state index in [2.05, 4.69) is 0 Å². The summed E-state index contributed by atoms with van der Waals surface area (Å²) in [5, 5.41) is 9.34. The Balaban J connectivity index is 3.26. The molecule has 1 saturated heterocycles. The minimum atomic E-state index is -1.39. The highest BCUT2D eigenvalue weighted by Crippen LogP contribution is 2.38. The third-order valence-corrected chi connectivity index (χ3v) is 3.62. The van der Waals surface area contributed by atoms with Gasteiger partial charge in [-0.05, 0) is 12.8 Å². The van der Waals surface area contributed by atoms with Crippen LogP contribution in [0, 0.1) is 5.41 Å². The molecule has 0 aliphatic carbocycles. The van der Waals surface area contributed by atoms with Crippen molar-refractivity contribution in [3.63, 3.8) is 0 Å². The molecule has 1 aliphatic rings. The zero-order valence-corrected chi connectivity index (χ0v) is 10.7. The largest absolute Gasteiger partial charge is 0.479 e. The van der Waals surface area contributed by atoms with Gasteiger partial charge in [0.25, 0.3) is 0 Å². The Morgan fingerprint density at radius 1 is 1.35 bits per heavy atom. The standard InChI is InChI=1S/C12H19NO4/c1-5-12(6-2,10(16)17)13-8(14)7-11(3,4)9(13)15/h5-7H2,1-4H3,(H,16,17). The van der Waals surface area contributed by atoms with Gasteiger partial charge in [0.05, 0.1) is 5.41 Å². The van der Waals surface area contributed by atoms with Crippen LogP contribution in [0.25, 0.3) is 0 Å². The second kappa shape index (κ2) is 4.13. The average molecular weight is 241 g/mol. The maximum atomic E-state index is 12.1. The van der Waals surface area contributed by atoms with E-state index in [0.29, 0.717) is 0 Å². The Hall–Kier alpha value is -1.39. The molecule has 1 N–H and O–H groups in total. The molecule has 2 amide bonds. The quantitative estimate of drug-likeness (QED) is 0.755. The molecular formula is C12H19NO4. The number of carboxylic acids is 1. The molecule has 5 nitrogen and oxygen atoms in total. The van der Waals surface area contributed by atoms with E-state index in [1.54, 1.807) is 27.7 Å². The Morgan fingerprint density at radius 2 is 1.82 bits per heavy atom. The fraction of sp³-hybridized carbons (Fsp3) is 0.750. The van der Waals surface area contributed by atoms with Gasteiger partial charge in [-0.2, -0.15) is 0 Å². The maximum Gasteiger partial charge on any atom is 0.330 e. The number of imide groups is 1. The first-order chi connectivity index (χ1) is 7.73. The smallest absolute Gasteiger partial charge is 0.330 e. The summed E-state index contributed by atoms with van der Waals surface area (Å²) in [6.45, 7) is 6.71. The van der Waals surface area contributed by atoms with E-state index >= 15 is 0 Å². The van der Waals surface area contributed by atoms with Gasteiger partial charge in [0, 0.05) is 6.42 Å². The first-order valence-electron chi connectivity index (χ1n) is 5.84. The number of aliphatic carboxylic acids is 1. The fourth-order valence-corrected chi connectivity index (χ4v) is 2.35. The van der Waals surface area contributed by atoms with Crippen LogP contribution in [-0.2, 0) is 14.4 Å². The lowest BCUT2D eigenvalue weighted by molar-refractivity contribution is -0.164. The van der Waals surface area contributed by atoms with Crippen molar-refractivity contribution in [3.05, 3.63) is 0 Å². The third kappa shape index (κ3) is 1.83. The number of rotatable bonds is 4. The fourth-order valence-electron chi connectivity index (χ4n) is 2.35. The molecule has 1 rings (SSSR count). The summed E-state index contributed by atoms with van der Waals surface area (Å²) in [6.07, 6.45) is 0.541. The van der Waals surface area contributed by atoms with Crippen LogP contribution in [0.5, 0.6) is 0 Å². The van der Waals surface area contributed by atoms with Gasteiger partial charge in [-0.25, -0.2) is 4.79 Å². The van der Waals surface area contributed by atoms with Crippen LogP contribution in [0.3, 0.4) is 0 Å². The van der Waals surface area contributed by atoms with E-state index in [4.69, 9.17) is 0 Å². The number of carboxylic acid groups (broad SMARTS) is 1. The molecule has 0 aromatic heterocycles. The first-order valence-corrected chi connectivity index (χ1v) is 5.84. The highest BCUT2D eigenvalue weighted by molar-refractivity contribution is 6.09. The van der Waals surface area contributed by atoms with Gasteiger partial charge in [0.2, 0.25) is 11.8 Å². The minimum Gasteiger partial charge on any atom is -0.479 e. The second-order valence-electron chi connectivity index (χ2n) is 5.14. The summed E-state index contributed by atoms with van der Waals surface area (Å²) in [5.41, 5.74) is -2.18. The van der Waals surface area contributed by atoms with Gasteiger partial charge in [-0.15, -0.1) is 0 Å². The normalized spacial score (nSPS) is 19.9. The van der Waals surface area contributed by atoms with Gasteiger partial charge in [0.1, 0.15) is 5.54 Å². The van der Waals surface area contributed by atoms with Crippen molar-refractivity contribution in [1.82, 2.24) is 4.90 Å². The van der Waals surface area contributed by atoms with Gasteiger partial charge in [0.15, 0.2) is 0 Å². The molecule has 0 aromatic carbocycles. The van der Waals surface area contributed by atoms with Crippen LogP contribution >= 0.6 is 0 Å². The van der Waals surface area contributed by atoms with Crippen molar-refractivity contribution in [3.8, 4) is 0 Å². The molecule has 1 fully saturated rings. The number of hydrogen-bond acceptors (Lipinski definition) is 3. The summed E-state index contributed by atoms with van der Waals surface area (Å²) >= 11 is 0. The van der Waals surface area contributed by atoms with Gasteiger partial charge < -0.3 is 5.11 Å². The summed E-state index contributed by atoms with van der Waals surface area (Å²) in [5.74, 6) is -1.87. The molecule has 0 atom stereocenters. The van der Waals surface area contributed by atoms with Crippen molar-refractivity contribution in [2.75, 3.05) is 0 Å². The molecule has 0 unspecified atom stereocenters. The SMILES string of the molecule is CCC(CC)(C(=O)O)N1C(=O)CC(C)(C)C1=O. The van der Waals surface area contributed by atoms with Crippen molar-refractivity contribution in [2.45, 2.75) is 52.5 Å². The maximum absolute atomic E-state index is 12.1. The lowest BCUT2D eigenvalue weighted by Crippen LogP contribution is -2.57.